The summed E-state index contributed by atoms with van der Waals surface area (Å²) in [6.07, 6.45) is 5.46. The van der Waals surface area contributed by atoms with Crippen LogP contribution in [0.2, 0.25) is 0 Å². The Morgan fingerprint density at radius 3 is 2.73 bits per heavy atom. The number of hydrogen-bond acceptors (Lipinski definition) is 7. The van der Waals surface area contributed by atoms with Crippen molar-refractivity contribution in [2.75, 3.05) is 20.3 Å². The van der Waals surface area contributed by atoms with Crippen LogP contribution in [0.15, 0.2) is 11.6 Å². The third-order valence-corrected chi connectivity index (χ3v) is 8.63. The Bertz CT molecular complexity index is 742. The van der Waals surface area contributed by atoms with E-state index in [2.05, 4.69) is 13.8 Å². The van der Waals surface area contributed by atoms with Crippen LogP contribution in [0.3, 0.4) is 0 Å². The summed E-state index contributed by atoms with van der Waals surface area (Å²) in [5, 5.41) is 11.4. The van der Waals surface area contributed by atoms with E-state index in [1.807, 2.05) is 0 Å². The van der Waals surface area contributed by atoms with Gasteiger partial charge in [-0.05, 0) is 55.4 Å². The van der Waals surface area contributed by atoms with Crippen LogP contribution < -0.4 is 0 Å². The highest BCUT2D eigenvalue weighted by Crippen LogP contribution is 2.68. The molecule has 3 fully saturated rings. The van der Waals surface area contributed by atoms with Crippen molar-refractivity contribution in [2.45, 2.75) is 77.3 Å². The fourth-order valence-electron chi connectivity index (χ4n) is 6.63. The van der Waals surface area contributed by atoms with Crippen molar-refractivity contribution in [3.05, 3.63) is 11.6 Å². The molecular formula is C23H34O7. The summed E-state index contributed by atoms with van der Waals surface area (Å²) in [4.78, 5) is 23.9. The summed E-state index contributed by atoms with van der Waals surface area (Å²) in [6, 6.07) is 0. The summed E-state index contributed by atoms with van der Waals surface area (Å²) in [5.74, 6) is -0.254. The lowest BCUT2D eigenvalue weighted by Crippen LogP contribution is -2.66. The van der Waals surface area contributed by atoms with Crippen molar-refractivity contribution in [2.24, 2.45) is 22.7 Å². The molecule has 168 valence electrons. The number of carbonyl (C=O) groups is 2. The maximum Gasteiger partial charge on any atom is 0.336 e. The maximum atomic E-state index is 12.2. The van der Waals surface area contributed by atoms with Gasteiger partial charge in [-0.25, -0.2) is 4.79 Å². The molecule has 7 atom stereocenters. The smallest absolute Gasteiger partial charge is 0.336 e. The minimum Gasteiger partial charge on any atom is -0.465 e. The molecule has 7 nitrogen and oxygen atoms in total. The number of carbonyl (C=O) groups excluding carboxylic acids is 2. The van der Waals surface area contributed by atoms with Crippen LogP contribution in [0, 0.1) is 22.7 Å². The van der Waals surface area contributed by atoms with E-state index in [0.717, 1.165) is 25.7 Å². The second kappa shape index (κ2) is 7.61. The standard InChI is InChI=1S/C23H34O7/c1-14-10-18(25)23(13-28-15(2)24)17(6-5-8-22(23)12-29-22)21(14,3)9-7-16-11-19(27-4)30-20(16)26/h11,14,17-19,25H,5-10,12-13H2,1-4H3/t14-,17-,18+,19?,21+,22+,23+/m1/s1. The molecule has 4 rings (SSSR count). The van der Waals surface area contributed by atoms with Crippen LogP contribution >= 0.6 is 0 Å². The Balaban J connectivity index is 1.64. The van der Waals surface area contributed by atoms with Gasteiger partial charge in [0, 0.05) is 19.6 Å². The summed E-state index contributed by atoms with van der Waals surface area (Å²) >= 11 is 0. The first-order chi connectivity index (χ1) is 14.2. The van der Waals surface area contributed by atoms with Crippen molar-refractivity contribution >= 4 is 11.9 Å². The van der Waals surface area contributed by atoms with Gasteiger partial charge < -0.3 is 24.1 Å². The molecule has 1 N–H and O–H groups in total. The zero-order valence-corrected chi connectivity index (χ0v) is 18.4. The van der Waals surface area contributed by atoms with Gasteiger partial charge in [-0.3, -0.25) is 4.79 Å². The molecular weight excluding hydrogens is 388 g/mol. The van der Waals surface area contributed by atoms with E-state index in [9.17, 15) is 14.7 Å². The first-order valence-electron chi connectivity index (χ1n) is 11.1. The van der Waals surface area contributed by atoms with Crippen LogP contribution in [0.1, 0.15) is 59.3 Å². The van der Waals surface area contributed by atoms with Crippen LogP contribution in [-0.4, -0.2) is 55.4 Å². The topological polar surface area (TPSA) is 94.6 Å². The SMILES string of the molecule is COC1C=C(CC[C@@]2(C)[C@H](C)C[C@H](O)[C@]3(COC(C)=O)[C@@H]2CCC[C@]32CO2)C(=O)O1. The Kier molecular flexibility index (Phi) is 5.52. The largest absolute Gasteiger partial charge is 0.465 e. The number of epoxide rings is 1. The molecule has 1 spiro atoms. The Labute approximate surface area is 178 Å². The number of hydrogen-bond donors (Lipinski definition) is 1. The Morgan fingerprint density at radius 2 is 2.13 bits per heavy atom. The molecule has 0 aromatic rings. The highest BCUT2D eigenvalue weighted by atomic mass is 16.7. The van der Waals surface area contributed by atoms with Gasteiger partial charge in [0.15, 0.2) is 0 Å². The van der Waals surface area contributed by atoms with Crippen LogP contribution in [0.4, 0.5) is 0 Å². The molecule has 0 aromatic heterocycles. The van der Waals surface area contributed by atoms with E-state index in [-0.39, 0.29) is 35.8 Å². The highest BCUT2D eigenvalue weighted by molar-refractivity contribution is 5.90. The van der Waals surface area contributed by atoms with Crippen molar-refractivity contribution in [1.29, 1.82) is 0 Å². The number of cyclic esters (lactones) is 1. The Hall–Kier alpha value is -1.44. The van der Waals surface area contributed by atoms with Gasteiger partial charge in [-0.15, -0.1) is 0 Å². The Morgan fingerprint density at radius 1 is 1.40 bits per heavy atom. The van der Waals surface area contributed by atoms with Gasteiger partial charge in [0.05, 0.1) is 18.1 Å². The lowest BCUT2D eigenvalue weighted by atomic mass is 9.43. The summed E-state index contributed by atoms with van der Waals surface area (Å²) < 4.78 is 21.9. The van der Waals surface area contributed by atoms with E-state index in [4.69, 9.17) is 18.9 Å². The highest BCUT2D eigenvalue weighted by Gasteiger charge is 2.73. The van der Waals surface area contributed by atoms with Gasteiger partial charge in [-0.1, -0.05) is 20.3 Å². The van der Waals surface area contributed by atoms with Gasteiger partial charge in [0.25, 0.3) is 0 Å². The predicted octanol–water partition coefficient (Wildman–Crippen LogP) is 2.75. The van der Waals surface area contributed by atoms with Crippen molar-refractivity contribution in [3.63, 3.8) is 0 Å². The van der Waals surface area contributed by atoms with E-state index < -0.39 is 23.4 Å². The lowest BCUT2D eigenvalue weighted by molar-refractivity contribution is -0.218. The van der Waals surface area contributed by atoms with Gasteiger partial charge in [0.1, 0.15) is 12.2 Å². The molecule has 0 radical (unpaired) electrons. The molecule has 4 aliphatic rings. The molecule has 0 amide bonds. The maximum absolute atomic E-state index is 12.2. The minimum absolute atomic E-state index is 0.134. The first-order valence-corrected chi connectivity index (χ1v) is 11.1. The lowest BCUT2D eigenvalue weighted by Gasteiger charge is -2.62. The first kappa shape index (κ1) is 21.8. The number of esters is 2. The fourth-order valence-corrected chi connectivity index (χ4v) is 6.63. The molecule has 0 aromatic carbocycles. The quantitative estimate of drug-likeness (QED) is 0.519. The van der Waals surface area contributed by atoms with Gasteiger partial charge in [-0.2, -0.15) is 0 Å². The van der Waals surface area contributed by atoms with Crippen molar-refractivity contribution in [3.8, 4) is 0 Å². The molecule has 2 saturated carbocycles. The van der Waals surface area contributed by atoms with E-state index in [1.54, 1.807) is 6.08 Å². The summed E-state index contributed by atoms with van der Waals surface area (Å²) in [5.41, 5.74) is -0.484. The van der Waals surface area contributed by atoms with Crippen LogP contribution in [-0.2, 0) is 28.5 Å². The molecule has 7 heteroatoms. The fraction of sp³-hybridized carbons (Fsp3) is 0.826. The van der Waals surface area contributed by atoms with E-state index >= 15 is 0 Å². The minimum atomic E-state index is -0.605. The molecule has 1 saturated heterocycles. The van der Waals surface area contributed by atoms with E-state index in [1.165, 1.54) is 14.0 Å². The summed E-state index contributed by atoms with van der Waals surface area (Å²) in [6.45, 7) is 6.67. The van der Waals surface area contributed by atoms with E-state index in [0.29, 0.717) is 25.0 Å². The average Bonchev–Trinajstić information content (AvgIpc) is 3.38. The monoisotopic (exact) mass is 422 g/mol. The zero-order chi connectivity index (χ0) is 21.7. The molecule has 30 heavy (non-hydrogen) atoms. The normalized spacial score (nSPS) is 45.0. The third kappa shape index (κ3) is 3.21. The number of ether oxygens (including phenoxy) is 4. The second-order valence-electron chi connectivity index (χ2n) is 9.91. The summed E-state index contributed by atoms with van der Waals surface area (Å²) in [7, 11) is 1.52. The van der Waals surface area contributed by atoms with Crippen molar-refractivity contribution in [1.82, 2.24) is 0 Å². The van der Waals surface area contributed by atoms with Crippen molar-refractivity contribution < 1.29 is 33.6 Å². The zero-order valence-electron chi connectivity index (χ0n) is 18.4. The number of fused-ring (bicyclic) bond motifs is 2. The van der Waals surface area contributed by atoms with Gasteiger partial charge >= 0.3 is 11.9 Å². The number of rotatable bonds is 6. The number of aliphatic hydroxyl groups is 1. The average molecular weight is 423 g/mol. The number of methoxy groups -OCH3 is 1. The third-order valence-electron chi connectivity index (χ3n) is 8.63. The number of aliphatic hydroxyl groups excluding tert-OH is 1. The van der Waals surface area contributed by atoms with Crippen LogP contribution in [0.5, 0.6) is 0 Å². The molecule has 0 bridgehead atoms. The molecule has 2 aliphatic carbocycles. The predicted molar refractivity (Wildman–Crippen MR) is 107 cm³/mol. The molecule has 2 heterocycles. The molecule has 2 aliphatic heterocycles. The van der Waals surface area contributed by atoms with Gasteiger partial charge in [0.2, 0.25) is 6.29 Å². The van der Waals surface area contributed by atoms with Crippen LogP contribution in [0.25, 0.3) is 0 Å². The second-order valence-corrected chi connectivity index (χ2v) is 9.91. The molecule has 1 unspecified atom stereocenters.